The van der Waals surface area contributed by atoms with Crippen molar-refractivity contribution >= 4 is 5.91 Å². The van der Waals surface area contributed by atoms with Crippen molar-refractivity contribution < 1.29 is 14.3 Å². The van der Waals surface area contributed by atoms with Crippen molar-refractivity contribution in [3.05, 3.63) is 0 Å². The van der Waals surface area contributed by atoms with Crippen LogP contribution in [0.4, 0.5) is 0 Å². The van der Waals surface area contributed by atoms with Gasteiger partial charge in [-0.25, -0.2) is 0 Å². The van der Waals surface area contributed by atoms with Crippen LogP contribution in [-0.2, 0) is 14.3 Å². The van der Waals surface area contributed by atoms with Crippen molar-refractivity contribution in [1.29, 1.82) is 0 Å². The van der Waals surface area contributed by atoms with E-state index >= 15 is 0 Å². The maximum absolute atomic E-state index is 11.2. The van der Waals surface area contributed by atoms with Gasteiger partial charge in [0.2, 0.25) is 5.91 Å². The molecule has 0 aromatic rings. The lowest BCUT2D eigenvalue weighted by molar-refractivity contribution is -0.131. The monoisotopic (exact) mass is 189 g/mol. The number of carbonyl (C=O) groups excluding carboxylic acids is 1. The maximum atomic E-state index is 11.2. The Labute approximate surface area is 79.6 Å². The Morgan fingerprint density at radius 1 is 1.46 bits per heavy atom. The molecule has 1 N–H and O–H groups in total. The van der Waals surface area contributed by atoms with Gasteiger partial charge in [0.25, 0.3) is 0 Å². The van der Waals surface area contributed by atoms with Crippen LogP contribution >= 0.6 is 0 Å². The third-order valence-electron chi connectivity index (χ3n) is 1.96. The number of ether oxygens (including phenoxy) is 2. The summed E-state index contributed by atoms with van der Waals surface area (Å²) in [6.45, 7) is 6.00. The molecule has 0 bridgehead atoms. The lowest BCUT2D eigenvalue weighted by atomic mass is 10.1. The Morgan fingerprint density at radius 2 is 2.00 bits per heavy atom. The minimum Gasteiger partial charge on any atom is -0.377 e. The van der Waals surface area contributed by atoms with Crippen molar-refractivity contribution in [3.63, 3.8) is 0 Å². The lowest BCUT2D eigenvalue weighted by Crippen LogP contribution is -2.43. The molecule has 0 saturated heterocycles. The molecule has 1 amide bonds. The average molecular weight is 189 g/mol. The van der Waals surface area contributed by atoms with E-state index in [2.05, 4.69) is 5.32 Å². The first-order chi connectivity index (χ1) is 5.93. The molecule has 13 heavy (non-hydrogen) atoms. The third-order valence-corrected chi connectivity index (χ3v) is 1.96. The molecular weight excluding hydrogens is 170 g/mol. The van der Waals surface area contributed by atoms with E-state index in [9.17, 15) is 4.79 Å². The van der Waals surface area contributed by atoms with Crippen molar-refractivity contribution in [2.24, 2.45) is 0 Å². The zero-order chi connectivity index (χ0) is 10.5. The number of methoxy groups -OCH3 is 2. The highest BCUT2D eigenvalue weighted by atomic mass is 16.5. The minimum absolute atomic E-state index is 0.118. The first kappa shape index (κ1) is 12.4. The summed E-state index contributed by atoms with van der Waals surface area (Å²) in [6, 6.07) is 0. The van der Waals surface area contributed by atoms with Crippen LogP contribution in [0, 0.1) is 0 Å². The number of nitrogens with one attached hydrogen (secondary N) is 1. The summed E-state index contributed by atoms with van der Waals surface area (Å²) in [5, 5.41) is 2.74. The molecular formula is C9H19NO3. The number of hydrogen-bond acceptors (Lipinski definition) is 3. The van der Waals surface area contributed by atoms with E-state index in [1.54, 1.807) is 14.0 Å². The van der Waals surface area contributed by atoms with Crippen molar-refractivity contribution in [2.45, 2.75) is 32.5 Å². The van der Waals surface area contributed by atoms with Gasteiger partial charge in [-0.2, -0.15) is 0 Å². The lowest BCUT2D eigenvalue weighted by Gasteiger charge is -2.23. The Bertz CT molecular complexity index is 168. The van der Waals surface area contributed by atoms with Crippen LogP contribution < -0.4 is 5.32 Å². The van der Waals surface area contributed by atoms with E-state index in [-0.39, 0.29) is 11.5 Å². The molecule has 4 heteroatoms. The molecule has 78 valence electrons. The number of rotatable bonds is 5. The maximum Gasteiger partial charge on any atom is 0.248 e. The molecule has 0 aliphatic carbocycles. The SMILES string of the molecule is COC(C)C(=O)NCC(C)(C)OC. The highest BCUT2D eigenvalue weighted by Crippen LogP contribution is 2.04. The molecule has 0 aliphatic heterocycles. The van der Waals surface area contributed by atoms with E-state index in [4.69, 9.17) is 9.47 Å². The summed E-state index contributed by atoms with van der Waals surface area (Å²) in [4.78, 5) is 11.2. The fourth-order valence-electron chi connectivity index (χ4n) is 0.623. The summed E-state index contributed by atoms with van der Waals surface area (Å²) in [6.07, 6.45) is -0.410. The zero-order valence-corrected chi connectivity index (χ0v) is 9.01. The fraction of sp³-hybridized carbons (Fsp3) is 0.889. The molecule has 0 radical (unpaired) electrons. The van der Waals surface area contributed by atoms with Crippen molar-refractivity contribution in [2.75, 3.05) is 20.8 Å². The molecule has 1 atom stereocenters. The Balaban J connectivity index is 3.83. The van der Waals surface area contributed by atoms with Gasteiger partial charge in [0.05, 0.1) is 5.60 Å². The van der Waals surface area contributed by atoms with Crippen molar-refractivity contribution in [3.8, 4) is 0 Å². The molecule has 0 aliphatic rings. The first-order valence-corrected chi connectivity index (χ1v) is 4.28. The van der Waals surface area contributed by atoms with E-state index in [0.717, 1.165) is 0 Å². The first-order valence-electron chi connectivity index (χ1n) is 4.28. The quantitative estimate of drug-likeness (QED) is 0.687. The van der Waals surface area contributed by atoms with Crippen LogP contribution in [0.5, 0.6) is 0 Å². The van der Waals surface area contributed by atoms with Gasteiger partial charge in [-0.3, -0.25) is 4.79 Å². The second-order valence-corrected chi connectivity index (χ2v) is 3.56. The van der Waals surface area contributed by atoms with Crippen LogP contribution in [0.15, 0.2) is 0 Å². The van der Waals surface area contributed by atoms with Gasteiger partial charge in [0, 0.05) is 20.8 Å². The second kappa shape index (κ2) is 5.19. The average Bonchev–Trinajstić information content (AvgIpc) is 2.13. The standard InChI is InChI=1S/C9H19NO3/c1-7(12-4)8(11)10-6-9(2,3)13-5/h7H,6H2,1-5H3,(H,10,11). The van der Waals surface area contributed by atoms with Gasteiger partial charge < -0.3 is 14.8 Å². The topological polar surface area (TPSA) is 47.6 Å². The largest absolute Gasteiger partial charge is 0.377 e. The molecule has 0 aromatic carbocycles. The molecule has 1 unspecified atom stereocenters. The summed E-state index contributed by atoms with van der Waals surface area (Å²) >= 11 is 0. The predicted molar refractivity (Wildman–Crippen MR) is 50.6 cm³/mol. The van der Waals surface area contributed by atoms with Gasteiger partial charge in [-0.05, 0) is 20.8 Å². The van der Waals surface area contributed by atoms with Gasteiger partial charge >= 0.3 is 0 Å². The summed E-state index contributed by atoms with van der Waals surface area (Å²) < 4.78 is 10.0. The Kier molecular flexibility index (Phi) is 4.95. The van der Waals surface area contributed by atoms with E-state index in [0.29, 0.717) is 6.54 Å². The van der Waals surface area contributed by atoms with Crippen LogP contribution in [0.2, 0.25) is 0 Å². The van der Waals surface area contributed by atoms with E-state index < -0.39 is 6.10 Å². The minimum atomic E-state index is -0.410. The summed E-state index contributed by atoms with van der Waals surface area (Å²) in [5.74, 6) is -0.118. The molecule has 0 saturated carbocycles. The van der Waals surface area contributed by atoms with Gasteiger partial charge in [0.15, 0.2) is 0 Å². The normalized spacial score (nSPS) is 13.9. The fourth-order valence-corrected chi connectivity index (χ4v) is 0.623. The Hall–Kier alpha value is -0.610. The number of hydrogen-bond donors (Lipinski definition) is 1. The van der Waals surface area contributed by atoms with E-state index in [1.807, 2.05) is 13.8 Å². The number of carbonyl (C=O) groups is 1. The van der Waals surface area contributed by atoms with Gasteiger partial charge in [0.1, 0.15) is 6.10 Å². The molecule has 0 spiro atoms. The molecule has 0 aromatic heterocycles. The third kappa shape index (κ3) is 4.85. The summed E-state index contributed by atoms with van der Waals surface area (Å²) in [5.41, 5.74) is -0.330. The zero-order valence-electron chi connectivity index (χ0n) is 9.01. The van der Waals surface area contributed by atoms with Gasteiger partial charge in [-0.1, -0.05) is 0 Å². The van der Waals surface area contributed by atoms with Gasteiger partial charge in [-0.15, -0.1) is 0 Å². The van der Waals surface area contributed by atoms with Crippen LogP contribution in [0.3, 0.4) is 0 Å². The predicted octanol–water partition coefficient (Wildman–Crippen LogP) is 0.562. The second-order valence-electron chi connectivity index (χ2n) is 3.56. The van der Waals surface area contributed by atoms with Crippen LogP contribution in [-0.4, -0.2) is 38.4 Å². The molecule has 4 nitrogen and oxygen atoms in total. The van der Waals surface area contributed by atoms with E-state index in [1.165, 1.54) is 7.11 Å². The van der Waals surface area contributed by atoms with Crippen LogP contribution in [0.25, 0.3) is 0 Å². The number of amides is 1. The molecule has 0 rings (SSSR count). The smallest absolute Gasteiger partial charge is 0.248 e. The highest BCUT2D eigenvalue weighted by Gasteiger charge is 2.19. The van der Waals surface area contributed by atoms with Crippen molar-refractivity contribution in [1.82, 2.24) is 5.32 Å². The molecule has 0 heterocycles. The highest BCUT2D eigenvalue weighted by molar-refractivity contribution is 5.80. The summed E-state index contributed by atoms with van der Waals surface area (Å²) in [7, 11) is 3.12. The molecule has 0 fully saturated rings. The Morgan fingerprint density at radius 3 is 2.38 bits per heavy atom. The van der Waals surface area contributed by atoms with Crippen LogP contribution in [0.1, 0.15) is 20.8 Å².